The zero-order chi connectivity index (χ0) is 17.4. The van der Waals surface area contributed by atoms with E-state index in [1.807, 2.05) is 23.6 Å². The van der Waals surface area contributed by atoms with E-state index in [-0.39, 0.29) is 5.91 Å². The van der Waals surface area contributed by atoms with Crippen molar-refractivity contribution in [3.05, 3.63) is 29.3 Å². The standard InChI is InChI=1S/C16H22N6OS/c1-3-4-8-22(17)11-19-16-21-15(10-24-16)14-7-5-6-13(20-14)9-18-12(2)23/h5-7,10-11H,3-4,8-9,17H2,1-2H3,(H,18,23). The first-order valence-electron chi connectivity index (χ1n) is 7.80. The lowest BCUT2D eigenvalue weighted by atomic mass is 10.2. The Balaban J connectivity index is 2.03. The summed E-state index contributed by atoms with van der Waals surface area (Å²) in [5, 5.41) is 6.84. The number of hydrogen-bond acceptors (Lipinski definition) is 6. The van der Waals surface area contributed by atoms with Crippen molar-refractivity contribution in [3.63, 3.8) is 0 Å². The highest BCUT2D eigenvalue weighted by Gasteiger charge is 2.06. The molecule has 0 aromatic carbocycles. The number of hydrazine groups is 1. The van der Waals surface area contributed by atoms with Gasteiger partial charge in [-0.3, -0.25) is 4.79 Å². The summed E-state index contributed by atoms with van der Waals surface area (Å²) in [5.41, 5.74) is 2.30. The lowest BCUT2D eigenvalue weighted by Gasteiger charge is -2.10. The number of nitrogens with two attached hydrogens (primary N) is 1. The molecule has 0 radical (unpaired) electrons. The summed E-state index contributed by atoms with van der Waals surface area (Å²) >= 11 is 1.43. The Bertz CT molecular complexity index is 699. The molecule has 3 N–H and O–H groups in total. The largest absolute Gasteiger partial charge is 0.351 e. The van der Waals surface area contributed by atoms with Crippen LogP contribution in [0.2, 0.25) is 0 Å². The van der Waals surface area contributed by atoms with Crippen LogP contribution in [0.3, 0.4) is 0 Å². The second-order valence-corrected chi connectivity index (χ2v) is 6.11. The average molecular weight is 346 g/mol. The zero-order valence-corrected chi connectivity index (χ0v) is 14.7. The van der Waals surface area contributed by atoms with E-state index in [9.17, 15) is 4.79 Å². The molecule has 0 fully saturated rings. The molecule has 0 atom stereocenters. The highest BCUT2D eigenvalue weighted by atomic mass is 32.1. The van der Waals surface area contributed by atoms with Gasteiger partial charge in [-0.25, -0.2) is 20.8 Å². The van der Waals surface area contributed by atoms with Gasteiger partial charge in [0.15, 0.2) is 0 Å². The van der Waals surface area contributed by atoms with Crippen molar-refractivity contribution in [2.75, 3.05) is 6.54 Å². The van der Waals surface area contributed by atoms with Crippen LogP contribution in [-0.4, -0.2) is 33.8 Å². The number of hydrogen-bond donors (Lipinski definition) is 2. The van der Waals surface area contributed by atoms with Gasteiger partial charge in [-0.05, 0) is 18.6 Å². The topological polar surface area (TPSA) is 96.5 Å². The van der Waals surface area contributed by atoms with Crippen molar-refractivity contribution in [3.8, 4) is 11.4 Å². The molecule has 2 aromatic heterocycles. The van der Waals surface area contributed by atoms with E-state index in [1.54, 1.807) is 11.3 Å². The van der Waals surface area contributed by atoms with Crippen molar-refractivity contribution >= 4 is 28.7 Å². The summed E-state index contributed by atoms with van der Waals surface area (Å²) in [6, 6.07) is 5.65. The predicted molar refractivity (Wildman–Crippen MR) is 96.8 cm³/mol. The second-order valence-electron chi connectivity index (χ2n) is 5.28. The molecule has 0 aliphatic carbocycles. The van der Waals surface area contributed by atoms with Crippen LogP contribution in [0.4, 0.5) is 5.13 Å². The van der Waals surface area contributed by atoms with Gasteiger partial charge in [-0.15, -0.1) is 11.3 Å². The summed E-state index contributed by atoms with van der Waals surface area (Å²) in [5.74, 6) is 5.74. The number of carbonyl (C=O) groups is 1. The first-order valence-corrected chi connectivity index (χ1v) is 8.68. The number of aliphatic imine (C=N–C) groups is 1. The van der Waals surface area contributed by atoms with Gasteiger partial charge in [0, 0.05) is 18.8 Å². The Hall–Kier alpha value is -2.32. The number of aromatic nitrogens is 2. The number of unbranched alkanes of at least 4 members (excludes halogenated alkanes) is 1. The lowest BCUT2D eigenvalue weighted by Crippen LogP contribution is -2.30. The van der Waals surface area contributed by atoms with E-state index >= 15 is 0 Å². The third-order valence-corrected chi connectivity index (χ3v) is 3.91. The van der Waals surface area contributed by atoms with Crippen molar-refractivity contribution in [1.29, 1.82) is 0 Å². The first kappa shape index (κ1) is 18.0. The van der Waals surface area contributed by atoms with Gasteiger partial charge in [-0.1, -0.05) is 19.4 Å². The second kappa shape index (κ2) is 9.09. The van der Waals surface area contributed by atoms with E-state index in [0.717, 1.165) is 36.5 Å². The van der Waals surface area contributed by atoms with Crippen LogP contribution in [0.5, 0.6) is 0 Å². The molecule has 0 aliphatic heterocycles. The summed E-state index contributed by atoms with van der Waals surface area (Å²) < 4.78 is 0. The van der Waals surface area contributed by atoms with Crippen molar-refractivity contribution in [1.82, 2.24) is 20.3 Å². The Morgan fingerprint density at radius 2 is 2.25 bits per heavy atom. The van der Waals surface area contributed by atoms with Crippen molar-refractivity contribution in [2.45, 2.75) is 33.2 Å². The Morgan fingerprint density at radius 1 is 1.42 bits per heavy atom. The number of nitrogens with zero attached hydrogens (tertiary/aromatic N) is 4. The van der Waals surface area contributed by atoms with E-state index in [2.05, 4.69) is 27.2 Å². The molecule has 0 aliphatic rings. The minimum atomic E-state index is -0.0816. The zero-order valence-electron chi connectivity index (χ0n) is 13.9. The number of amides is 1. The maximum atomic E-state index is 11.0. The Labute approximate surface area is 145 Å². The summed E-state index contributed by atoms with van der Waals surface area (Å²) in [6.07, 6.45) is 3.71. The van der Waals surface area contributed by atoms with E-state index in [0.29, 0.717) is 11.7 Å². The molecular formula is C16H22N6OS. The van der Waals surface area contributed by atoms with Crippen LogP contribution in [0.15, 0.2) is 28.6 Å². The Kier molecular flexibility index (Phi) is 6.83. The molecule has 128 valence electrons. The van der Waals surface area contributed by atoms with Crippen molar-refractivity contribution < 1.29 is 4.79 Å². The molecule has 2 heterocycles. The van der Waals surface area contributed by atoms with Gasteiger partial charge >= 0.3 is 0 Å². The minimum absolute atomic E-state index is 0.0816. The lowest BCUT2D eigenvalue weighted by molar-refractivity contribution is -0.119. The fraction of sp³-hybridized carbons (Fsp3) is 0.375. The van der Waals surface area contributed by atoms with E-state index in [1.165, 1.54) is 18.3 Å². The van der Waals surface area contributed by atoms with E-state index < -0.39 is 0 Å². The average Bonchev–Trinajstić information content (AvgIpc) is 3.05. The number of thiazole rings is 1. The number of nitrogens with one attached hydrogen (secondary N) is 1. The maximum Gasteiger partial charge on any atom is 0.217 e. The smallest absolute Gasteiger partial charge is 0.217 e. The fourth-order valence-corrected chi connectivity index (χ4v) is 2.55. The van der Waals surface area contributed by atoms with Crippen molar-refractivity contribution in [2.24, 2.45) is 10.8 Å². The molecule has 8 heteroatoms. The normalized spacial score (nSPS) is 11.0. The number of pyridine rings is 1. The molecule has 24 heavy (non-hydrogen) atoms. The van der Waals surface area contributed by atoms with Crippen LogP contribution in [0.1, 0.15) is 32.4 Å². The minimum Gasteiger partial charge on any atom is -0.351 e. The quantitative estimate of drug-likeness (QED) is 0.331. The third kappa shape index (κ3) is 5.71. The third-order valence-electron chi connectivity index (χ3n) is 3.17. The molecule has 1 amide bonds. The molecule has 0 spiro atoms. The van der Waals surface area contributed by atoms with Gasteiger partial charge < -0.3 is 10.3 Å². The summed E-state index contributed by atoms with van der Waals surface area (Å²) in [4.78, 5) is 24.2. The number of carbonyl (C=O) groups excluding carboxylic acids is 1. The van der Waals surface area contributed by atoms with Crippen LogP contribution >= 0.6 is 11.3 Å². The van der Waals surface area contributed by atoms with Gasteiger partial charge in [0.2, 0.25) is 11.0 Å². The fourth-order valence-electron chi connectivity index (χ4n) is 1.90. The number of rotatable bonds is 8. The van der Waals surface area contributed by atoms with Gasteiger partial charge in [-0.2, -0.15) is 0 Å². The molecule has 0 saturated heterocycles. The van der Waals surface area contributed by atoms with Crippen LogP contribution in [-0.2, 0) is 11.3 Å². The maximum absolute atomic E-state index is 11.0. The highest BCUT2D eigenvalue weighted by molar-refractivity contribution is 7.13. The first-order chi connectivity index (χ1) is 11.6. The molecule has 7 nitrogen and oxygen atoms in total. The van der Waals surface area contributed by atoms with Gasteiger partial charge in [0.25, 0.3) is 0 Å². The van der Waals surface area contributed by atoms with Crippen LogP contribution in [0.25, 0.3) is 11.4 Å². The molecular weight excluding hydrogens is 324 g/mol. The van der Waals surface area contributed by atoms with Gasteiger partial charge in [0.1, 0.15) is 12.0 Å². The van der Waals surface area contributed by atoms with Crippen LogP contribution < -0.4 is 11.2 Å². The molecule has 0 unspecified atom stereocenters. The van der Waals surface area contributed by atoms with Crippen LogP contribution in [0, 0.1) is 0 Å². The SMILES string of the molecule is CCCCN(N)C=Nc1nc(-c2cccc(CNC(C)=O)n2)cs1. The molecule has 2 aromatic rings. The van der Waals surface area contributed by atoms with Gasteiger partial charge in [0.05, 0.1) is 17.9 Å². The Morgan fingerprint density at radius 3 is 3.00 bits per heavy atom. The molecule has 2 rings (SSSR count). The van der Waals surface area contributed by atoms with E-state index in [4.69, 9.17) is 5.84 Å². The molecule has 0 saturated carbocycles. The summed E-state index contributed by atoms with van der Waals surface area (Å²) in [6.45, 7) is 4.77. The predicted octanol–water partition coefficient (Wildman–Crippen LogP) is 2.48. The molecule has 0 bridgehead atoms. The highest BCUT2D eigenvalue weighted by Crippen LogP contribution is 2.25. The summed E-state index contributed by atoms with van der Waals surface area (Å²) in [7, 11) is 0. The monoisotopic (exact) mass is 346 g/mol.